The lowest BCUT2D eigenvalue weighted by Gasteiger charge is -1.94. The average Bonchev–Trinajstić information content (AvgIpc) is 2.34. The Labute approximate surface area is 69.6 Å². The first-order valence-corrected chi connectivity index (χ1v) is 3.72. The first kappa shape index (κ1) is 8.58. The van der Waals surface area contributed by atoms with E-state index in [0.29, 0.717) is 5.69 Å². The Balaban J connectivity index is 2.96. The van der Waals surface area contributed by atoms with Crippen molar-refractivity contribution >= 4 is 11.7 Å². The molecule has 4 N–H and O–H groups in total. The van der Waals surface area contributed by atoms with Gasteiger partial charge in [-0.2, -0.15) is 5.10 Å². The number of anilines is 1. The molecule has 66 valence electrons. The number of nitrogens with two attached hydrogens (primary N) is 1. The average molecular weight is 169 g/mol. The predicted molar refractivity (Wildman–Crippen MR) is 44.0 cm³/mol. The number of carboxylic acid groups (broad SMARTS) is 1. The van der Waals surface area contributed by atoms with Crippen molar-refractivity contribution in [1.82, 2.24) is 10.2 Å². The lowest BCUT2D eigenvalue weighted by molar-refractivity contribution is 0.0691. The minimum atomic E-state index is -1.09. The van der Waals surface area contributed by atoms with Gasteiger partial charge in [0.2, 0.25) is 0 Å². The van der Waals surface area contributed by atoms with Crippen LogP contribution in [0.2, 0.25) is 0 Å². The molecule has 5 heteroatoms. The Bertz CT molecular complexity index is 293. The highest BCUT2D eigenvalue weighted by Crippen LogP contribution is 2.14. The van der Waals surface area contributed by atoms with E-state index >= 15 is 0 Å². The molecule has 0 aromatic carbocycles. The quantitative estimate of drug-likeness (QED) is 0.619. The number of rotatable bonds is 3. The fourth-order valence-corrected chi connectivity index (χ4v) is 0.990. The molecule has 1 rings (SSSR count). The normalized spacial score (nSPS) is 10.1. The number of H-pyrrole nitrogens is 1. The second-order valence-electron chi connectivity index (χ2n) is 2.52. The summed E-state index contributed by atoms with van der Waals surface area (Å²) in [7, 11) is 0. The van der Waals surface area contributed by atoms with Gasteiger partial charge < -0.3 is 10.8 Å². The largest absolute Gasteiger partial charge is 0.476 e. The molecule has 0 saturated carbocycles. The minimum absolute atomic E-state index is 0.0848. The Kier molecular flexibility index (Phi) is 2.32. The maximum atomic E-state index is 10.5. The highest BCUT2D eigenvalue weighted by molar-refractivity contribution is 5.91. The fourth-order valence-electron chi connectivity index (χ4n) is 0.990. The van der Waals surface area contributed by atoms with Crippen LogP contribution >= 0.6 is 0 Å². The number of nitrogens with zero attached hydrogens (tertiary/aromatic N) is 1. The first-order chi connectivity index (χ1) is 5.66. The highest BCUT2D eigenvalue weighted by Gasteiger charge is 2.14. The third-order valence-corrected chi connectivity index (χ3v) is 1.59. The molecule has 0 fully saturated rings. The molecule has 5 nitrogen and oxygen atoms in total. The molecule has 1 heterocycles. The van der Waals surface area contributed by atoms with Gasteiger partial charge in [0.05, 0.1) is 11.4 Å². The summed E-state index contributed by atoms with van der Waals surface area (Å²) in [5, 5.41) is 14.8. The predicted octanol–water partition coefficient (Wildman–Crippen LogP) is 0.643. The lowest BCUT2D eigenvalue weighted by Crippen LogP contribution is -2.01. The summed E-state index contributed by atoms with van der Waals surface area (Å²) < 4.78 is 0. The number of nitrogen functional groups attached to an aromatic ring is 1. The number of aromatic nitrogens is 2. The summed E-state index contributed by atoms with van der Waals surface area (Å²) in [4.78, 5) is 10.5. The fraction of sp³-hybridized carbons (Fsp3) is 0.429. The van der Waals surface area contributed by atoms with E-state index in [1.54, 1.807) is 0 Å². The van der Waals surface area contributed by atoms with Crippen LogP contribution < -0.4 is 5.73 Å². The van der Waals surface area contributed by atoms with Crippen molar-refractivity contribution in [1.29, 1.82) is 0 Å². The molecule has 1 aromatic rings. The van der Waals surface area contributed by atoms with Crippen LogP contribution in [0.25, 0.3) is 0 Å². The summed E-state index contributed by atoms with van der Waals surface area (Å²) in [6.07, 6.45) is 1.64. The number of nitrogens with one attached hydrogen (secondary N) is 1. The molecule has 0 amide bonds. The van der Waals surface area contributed by atoms with Gasteiger partial charge in [-0.3, -0.25) is 5.10 Å². The van der Waals surface area contributed by atoms with Crippen LogP contribution in [-0.2, 0) is 6.42 Å². The number of carboxylic acids is 1. The maximum Gasteiger partial charge on any atom is 0.358 e. The second kappa shape index (κ2) is 3.25. The van der Waals surface area contributed by atoms with Gasteiger partial charge in [0.1, 0.15) is 0 Å². The molecule has 0 radical (unpaired) electrons. The van der Waals surface area contributed by atoms with Crippen LogP contribution in [-0.4, -0.2) is 21.3 Å². The van der Waals surface area contributed by atoms with Crippen LogP contribution in [0.1, 0.15) is 29.5 Å². The van der Waals surface area contributed by atoms with Crippen molar-refractivity contribution in [3.8, 4) is 0 Å². The van der Waals surface area contributed by atoms with Gasteiger partial charge in [0.15, 0.2) is 5.69 Å². The maximum absolute atomic E-state index is 10.5. The summed E-state index contributed by atoms with van der Waals surface area (Å²) >= 11 is 0. The molecule has 12 heavy (non-hydrogen) atoms. The van der Waals surface area contributed by atoms with Crippen molar-refractivity contribution in [3.63, 3.8) is 0 Å². The van der Waals surface area contributed by atoms with Crippen molar-refractivity contribution in [2.24, 2.45) is 0 Å². The zero-order valence-corrected chi connectivity index (χ0v) is 6.79. The topological polar surface area (TPSA) is 92.0 Å². The zero-order valence-electron chi connectivity index (χ0n) is 6.79. The Morgan fingerprint density at radius 2 is 2.42 bits per heavy atom. The molecular weight excluding hydrogens is 158 g/mol. The van der Waals surface area contributed by atoms with E-state index in [2.05, 4.69) is 10.2 Å². The van der Waals surface area contributed by atoms with E-state index < -0.39 is 5.97 Å². The molecule has 1 aromatic heterocycles. The molecule has 0 unspecified atom stereocenters. The van der Waals surface area contributed by atoms with E-state index in [0.717, 1.165) is 12.8 Å². The van der Waals surface area contributed by atoms with Gasteiger partial charge in [0, 0.05) is 0 Å². The number of carbonyl (C=O) groups is 1. The SMILES string of the molecule is CCCc1[nH]nc(C(=O)O)c1N. The number of aryl methyl sites for hydroxylation is 1. The van der Waals surface area contributed by atoms with Crippen LogP contribution in [0.3, 0.4) is 0 Å². The van der Waals surface area contributed by atoms with E-state index in [1.807, 2.05) is 6.92 Å². The second-order valence-corrected chi connectivity index (χ2v) is 2.52. The number of hydrogen-bond acceptors (Lipinski definition) is 3. The van der Waals surface area contributed by atoms with Crippen LogP contribution in [0.5, 0.6) is 0 Å². The molecule has 0 aliphatic carbocycles. The minimum Gasteiger partial charge on any atom is -0.476 e. The van der Waals surface area contributed by atoms with Gasteiger partial charge in [-0.05, 0) is 6.42 Å². The van der Waals surface area contributed by atoms with E-state index in [-0.39, 0.29) is 11.4 Å². The Morgan fingerprint density at radius 3 is 2.83 bits per heavy atom. The van der Waals surface area contributed by atoms with E-state index in [9.17, 15) is 4.79 Å². The molecular formula is C7H11N3O2. The van der Waals surface area contributed by atoms with E-state index in [4.69, 9.17) is 10.8 Å². The smallest absolute Gasteiger partial charge is 0.358 e. The molecule has 0 saturated heterocycles. The lowest BCUT2D eigenvalue weighted by atomic mass is 10.2. The zero-order chi connectivity index (χ0) is 9.14. The van der Waals surface area contributed by atoms with Crippen molar-refractivity contribution in [3.05, 3.63) is 11.4 Å². The molecule has 0 spiro atoms. The molecule has 0 atom stereocenters. The van der Waals surface area contributed by atoms with Gasteiger partial charge in [-0.1, -0.05) is 13.3 Å². The summed E-state index contributed by atoms with van der Waals surface area (Å²) in [5.41, 5.74) is 6.39. The summed E-state index contributed by atoms with van der Waals surface area (Å²) in [6, 6.07) is 0. The van der Waals surface area contributed by atoms with Crippen LogP contribution in [0, 0.1) is 0 Å². The third-order valence-electron chi connectivity index (χ3n) is 1.59. The standard InChI is InChI=1S/C7H11N3O2/c1-2-3-4-5(8)6(7(11)12)10-9-4/h2-3,8H2,1H3,(H,9,10)(H,11,12). The van der Waals surface area contributed by atoms with Crippen LogP contribution in [0.4, 0.5) is 5.69 Å². The highest BCUT2D eigenvalue weighted by atomic mass is 16.4. The van der Waals surface area contributed by atoms with Gasteiger partial charge >= 0.3 is 5.97 Å². The van der Waals surface area contributed by atoms with Gasteiger partial charge in [-0.15, -0.1) is 0 Å². The summed E-state index contributed by atoms with van der Waals surface area (Å²) in [6.45, 7) is 1.99. The Hall–Kier alpha value is -1.52. The number of aromatic amines is 1. The molecule has 0 aliphatic heterocycles. The van der Waals surface area contributed by atoms with E-state index in [1.165, 1.54) is 0 Å². The number of hydrogen-bond donors (Lipinski definition) is 3. The van der Waals surface area contributed by atoms with Crippen LogP contribution in [0.15, 0.2) is 0 Å². The number of aromatic carboxylic acids is 1. The molecule has 0 bridgehead atoms. The van der Waals surface area contributed by atoms with Crippen molar-refractivity contribution in [2.75, 3.05) is 5.73 Å². The Morgan fingerprint density at radius 1 is 1.75 bits per heavy atom. The van der Waals surface area contributed by atoms with Gasteiger partial charge in [0.25, 0.3) is 0 Å². The third kappa shape index (κ3) is 1.39. The van der Waals surface area contributed by atoms with Crippen molar-refractivity contribution < 1.29 is 9.90 Å². The van der Waals surface area contributed by atoms with Gasteiger partial charge in [-0.25, -0.2) is 4.79 Å². The van der Waals surface area contributed by atoms with Crippen molar-refractivity contribution in [2.45, 2.75) is 19.8 Å². The molecule has 0 aliphatic rings. The first-order valence-electron chi connectivity index (χ1n) is 3.72. The monoisotopic (exact) mass is 169 g/mol. The summed E-state index contributed by atoms with van der Waals surface area (Å²) in [5.74, 6) is -1.09.